The highest BCUT2D eigenvalue weighted by Crippen LogP contribution is 2.12. The zero-order valence-corrected chi connectivity index (χ0v) is 8.34. The smallest absolute Gasteiger partial charge is 0.260 e. The maximum absolute atomic E-state index is 11.1. The molecular formula is C10H15NO3. The van der Waals surface area contributed by atoms with Gasteiger partial charge < -0.3 is 4.74 Å². The molecule has 1 atom stereocenters. The molecule has 0 aromatic heterocycles. The van der Waals surface area contributed by atoms with Crippen LogP contribution in [0.3, 0.4) is 0 Å². The SMILES string of the molecule is C=C1C(=O)NC(=O)C1OCCCCC. The van der Waals surface area contributed by atoms with Gasteiger partial charge in [0.05, 0.1) is 0 Å². The normalized spacial score (nSPS) is 21.5. The number of amides is 2. The van der Waals surface area contributed by atoms with Gasteiger partial charge in [0.1, 0.15) is 0 Å². The van der Waals surface area contributed by atoms with Crippen LogP contribution in [0, 0.1) is 0 Å². The lowest BCUT2D eigenvalue weighted by atomic mass is 10.2. The molecule has 4 heteroatoms. The molecule has 14 heavy (non-hydrogen) atoms. The Morgan fingerprint density at radius 3 is 2.64 bits per heavy atom. The van der Waals surface area contributed by atoms with Crippen molar-refractivity contribution < 1.29 is 14.3 Å². The van der Waals surface area contributed by atoms with Crippen molar-refractivity contribution in [3.63, 3.8) is 0 Å². The topological polar surface area (TPSA) is 55.4 Å². The summed E-state index contributed by atoms with van der Waals surface area (Å²) in [6, 6.07) is 0. The minimum atomic E-state index is -0.764. The van der Waals surface area contributed by atoms with Crippen LogP contribution in [0.4, 0.5) is 0 Å². The van der Waals surface area contributed by atoms with Gasteiger partial charge in [-0.05, 0) is 6.42 Å². The van der Waals surface area contributed by atoms with Gasteiger partial charge >= 0.3 is 0 Å². The summed E-state index contributed by atoms with van der Waals surface area (Å²) in [5.74, 6) is -0.813. The lowest BCUT2D eigenvalue weighted by Gasteiger charge is -2.08. The predicted octanol–water partition coefficient (Wildman–Crippen LogP) is 0.774. The summed E-state index contributed by atoms with van der Waals surface area (Å²) in [6.45, 7) is 6.09. The van der Waals surface area contributed by atoms with Crippen LogP contribution in [0.5, 0.6) is 0 Å². The number of carbonyl (C=O) groups is 2. The van der Waals surface area contributed by atoms with E-state index < -0.39 is 17.9 Å². The van der Waals surface area contributed by atoms with Crippen molar-refractivity contribution in [3.8, 4) is 0 Å². The quantitative estimate of drug-likeness (QED) is 0.402. The Morgan fingerprint density at radius 2 is 2.14 bits per heavy atom. The van der Waals surface area contributed by atoms with Crippen molar-refractivity contribution >= 4 is 11.8 Å². The zero-order valence-electron chi connectivity index (χ0n) is 8.34. The molecule has 78 valence electrons. The van der Waals surface area contributed by atoms with Crippen LogP contribution in [0.1, 0.15) is 26.2 Å². The van der Waals surface area contributed by atoms with Gasteiger partial charge in [-0.25, -0.2) is 0 Å². The van der Waals surface area contributed by atoms with E-state index in [1.54, 1.807) is 0 Å². The van der Waals surface area contributed by atoms with Crippen LogP contribution in [-0.2, 0) is 14.3 Å². The highest BCUT2D eigenvalue weighted by Gasteiger charge is 2.35. The van der Waals surface area contributed by atoms with Crippen molar-refractivity contribution in [1.29, 1.82) is 0 Å². The summed E-state index contributed by atoms with van der Waals surface area (Å²) in [5.41, 5.74) is 0.214. The molecule has 0 aromatic rings. The second kappa shape index (κ2) is 4.91. The molecular weight excluding hydrogens is 182 g/mol. The van der Waals surface area contributed by atoms with Crippen molar-refractivity contribution in [1.82, 2.24) is 5.32 Å². The second-order valence-electron chi connectivity index (χ2n) is 3.30. The van der Waals surface area contributed by atoms with Gasteiger partial charge in [-0.2, -0.15) is 0 Å². The third-order valence-electron chi connectivity index (χ3n) is 2.12. The lowest BCUT2D eigenvalue weighted by Crippen LogP contribution is -2.26. The van der Waals surface area contributed by atoms with Gasteiger partial charge in [0.2, 0.25) is 0 Å². The first-order valence-corrected chi connectivity index (χ1v) is 4.82. The Labute approximate surface area is 83.3 Å². The Balaban J connectivity index is 2.33. The number of unbranched alkanes of at least 4 members (excludes halogenated alkanes) is 2. The first-order valence-electron chi connectivity index (χ1n) is 4.82. The van der Waals surface area contributed by atoms with Crippen LogP contribution in [0.15, 0.2) is 12.2 Å². The van der Waals surface area contributed by atoms with E-state index in [1.807, 2.05) is 0 Å². The third kappa shape index (κ3) is 2.42. The minimum absolute atomic E-state index is 0.214. The molecule has 1 saturated heterocycles. The third-order valence-corrected chi connectivity index (χ3v) is 2.12. The molecule has 1 unspecified atom stereocenters. The molecule has 0 aromatic carbocycles. The summed E-state index contributed by atoms with van der Waals surface area (Å²) in [6.07, 6.45) is 2.30. The summed E-state index contributed by atoms with van der Waals surface area (Å²) >= 11 is 0. The number of hydrogen-bond acceptors (Lipinski definition) is 3. The highest BCUT2D eigenvalue weighted by molar-refractivity contribution is 6.16. The molecule has 1 aliphatic heterocycles. The van der Waals surface area contributed by atoms with E-state index in [9.17, 15) is 9.59 Å². The summed E-state index contributed by atoms with van der Waals surface area (Å²) in [5, 5.41) is 2.16. The molecule has 1 heterocycles. The van der Waals surface area contributed by atoms with Crippen LogP contribution >= 0.6 is 0 Å². The van der Waals surface area contributed by atoms with E-state index in [2.05, 4.69) is 18.8 Å². The number of carbonyl (C=O) groups excluding carboxylic acids is 2. The van der Waals surface area contributed by atoms with Gasteiger partial charge in [-0.3, -0.25) is 14.9 Å². The molecule has 1 N–H and O–H groups in total. The van der Waals surface area contributed by atoms with Gasteiger partial charge in [0.15, 0.2) is 6.10 Å². The molecule has 1 fully saturated rings. The van der Waals surface area contributed by atoms with Gasteiger partial charge in [-0.15, -0.1) is 0 Å². The van der Waals surface area contributed by atoms with Gasteiger partial charge in [0, 0.05) is 12.2 Å². The summed E-state index contributed by atoms with van der Waals surface area (Å²) < 4.78 is 5.27. The van der Waals surface area contributed by atoms with Crippen LogP contribution in [0.2, 0.25) is 0 Å². The van der Waals surface area contributed by atoms with Crippen molar-refractivity contribution in [2.24, 2.45) is 0 Å². The standard InChI is InChI=1S/C10H15NO3/c1-3-4-5-6-14-8-7(2)9(12)11-10(8)13/h8H,2-6H2,1H3,(H,11,12,13). The predicted molar refractivity (Wildman–Crippen MR) is 51.6 cm³/mol. The van der Waals surface area contributed by atoms with Crippen molar-refractivity contribution in [2.45, 2.75) is 32.3 Å². The van der Waals surface area contributed by atoms with Crippen LogP contribution in [0.25, 0.3) is 0 Å². The second-order valence-corrected chi connectivity index (χ2v) is 3.30. The maximum Gasteiger partial charge on any atom is 0.260 e. The van der Waals surface area contributed by atoms with E-state index in [4.69, 9.17) is 4.74 Å². The average Bonchev–Trinajstić information content (AvgIpc) is 2.38. The molecule has 2 amide bonds. The highest BCUT2D eigenvalue weighted by atomic mass is 16.5. The molecule has 1 rings (SSSR count). The van der Waals surface area contributed by atoms with E-state index in [0.29, 0.717) is 6.61 Å². The molecule has 0 bridgehead atoms. The van der Waals surface area contributed by atoms with E-state index >= 15 is 0 Å². The fourth-order valence-corrected chi connectivity index (χ4v) is 1.26. The monoisotopic (exact) mass is 197 g/mol. The fourth-order valence-electron chi connectivity index (χ4n) is 1.26. The maximum atomic E-state index is 11.1. The van der Waals surface area contributed by atoms with Gasteiger partial charge in [-0.1, -0.05) is 26.3 Å². The number of nitrogens with one attached hydrogen (secondary N) is 1. The van der Waals surface area contributed by atoms with Crippen LogP contribution in [-0.4, -0.2) is 24.5 Å². The molecule has 0 spiro atoms. The van der Waals surface area contributed by atoms with E-state index in [0.717, 1.165) is 19.3 Å². The molecule has 1 aliphatic rings. The van der Waals surface area contributed by atoms with Crippen LogP contribution < -0.4 is 5.32 Å². The first-order chi connectivity index (χ1) is 6.66. The lowest BCUT2D eigenvalue weighted by molar-refractivity contribution is -0.129. The summed E-state index contributed by atoms with van der Waals surface area (Å²) in [7, 11) is 0. The molecule has 0 aliphatic carbocycles. The first kappa shape index (κ1) is 10.9. The van der Waals surface area contributed by atoms with E-state index in [-0.39, 0.29) is 5.57 Å². The average molecular weight is 197 g/mol. The van der Waals surface area contributed by atoms with Crippen molar-refractivity contribution in [2.75, 3.05) is 6.61 Å². The fraction of sp³-hybridized carbons (Fsp3) is 0.600. The minimum Gasteiger partial charge on any atom is -0.363 e. The Bertz CT molecular complexity index is 260. The van der Waals surface area contributed by atoms with E-state index in [1.165, 1.54) is 0 Å². The number of ether oxygens (including phenoxy) is 1. The number of imide groups is 1. The number of rotatable bonds is 5. The Hall–Kier alpha value is -1.16. The molecule has 4 nitrogen and oxygen atoms in total. The summed E-state index contributed by atoms with van der Waals surface area (Å²) in [4.78, 5) is 22.1. The van der Waals surface area contributed by atoms with Gasteiger partial charge in [0.25, 0.3) is 11.8 Å². The number of hydrogen-bond donors (Lipinski definition) is 1. The Kier molecular flexibility index (Phi) is 3.83. The molecule has 0 radical (unpaired) electrons. The largest absolute Gasteiger partial charge is 0.363 e. The molecule has 0 saturated carbocycles. The van der Waals surface area contributed by atoms with Crippen molar-refractivity contribution in [3.05, 3.63) is 12.2 Å². The zero-order chi connectivity index (χ0) is 10.6. The Morgan fingerprint density at radius 1 is 1.43 bits per heavy atom.